The summed E-state index contributed by atoms with van der Waals surface area (Å²) in [5.41, 5.74) is 7.48. The van der Waals surface area contributed by atoms with Crippen molar-refractivity contribution < 1.29 is 9.53 Å². The molecule has 1 aromatic rings. The molecule has 1 atom stereocenters. The molecule has 1 aliphatic rings. The lowest BCUT2D eigenvalue weighted by Crippen LogP contribution is -2.36. The maximum Gasteiger partial charge on any atom is 0.340 e. The summed E-state index contributed by atoms with van der Waals surface area (Å²) in [6, 6.07) is 3.33. The molecule has 4 nitrogen and oxygen atoms in total. The van der Waals surface area contributed by atoms with Gasteiger partial charge in [0.25, 0.3) is 0 Å². The Hall–Kier alpha value is -1.42. The highest BCUT2D eigenvalue weighted by Gasteiger charge is 2.25. The van der Waals surface area contributed by atoms with E-state index in [4.69, 9.17) is 22.1 Å². The number of carbonyl (C=O) groups excluding carboxylic acids is 1. The van der Waals surface area contributed by atoms with Crippen molar-refractivity contribution in [2.45, 2.75) is 26.2 Å². The van der Waals surface area contributed by atoms with Crippen molar-refractivity contribution in [3.05, 3.63) is 22.7 Å². The van der Waals surface area contributed by atoms with Gasteiger partial charge in [-0.05, 0) is 30.9 Å². The summed E-state index contributed by atoms with van der Waals surface area (Å²) >= 11 is 6.33. The van der Waals surface area contributed by atoms with Crippen molar-refractivity contribution in [2.24, 2.45) is 5.92 Å². The Labute approximate surface area is 124 Å². The molecular weight excluding hydrogens is 276 g/mol. The van der Waals surface area contributed by atoms with Crippen molar-refractivity contribution in [2.75, 3.05) is 30.8 Å². The molecule has 0 aromatic heterocycles. The lowest BCUT2D eigenvalue weighted by atomic mass is 9.94. The number of hydrogen-bond acceptors (Lipinski definition) is 4. The van der Waals surface area contributed by atoms with Gasteiger partial charge in [-0.2, -0.15) is 0 Å². The number of anilines is 2. The summed E-state index contributed by atoms with van der Waals surface area (Å²) in [6.07, 6.45) is 3.48. The zero-order chi connectivity index (χ0) is 14.7. The number of benzene rings is 1. The second-order valence-corrected chi connectivity index (χ2v) is 5.66. The number of methoxy groups -OCH3 is 1. The number of piperidine rings is 1. The average molecular weight is 297 g/mol. The lowest BCUT2D eigenvalue weighted by Gasteiger charge is -2.35. The van der Waals surface area contributed by atoms with Crippen LogP contribution < -0.4 is 10.6 Å². The van der Waals surface area contributed by atoms with Gasteiger partial charge in [0, 0.05) is 18.8 Å². The number of carbonyl (C=O) groups is 1. The largest absolute Gasteiger partial charge is 0.465 e. The van der Waals surface area contributed by atoms with Crippen molar-refractivity contribution >= 4 is 28.9 Å². The van der Waals surface area contributed by atoms with E-state index in [0.717, 1.165) is 31.6 Å². The fourth-order valence-corrected chi connectivity index (χ4v) is 3.16. The van der Waals surface area contributed by atoms with Gasteiger partial charge >= 0.3 is 5.97 Å². The molecule has 20 heavy (non-hydrogen) atoms. The highest BCUT2D eigenvalue weighted by Crippen LogP contribution is 2.36. The van der Waals surface area contributed by atoms with Gasteiger partial charge in [-0.3, -0.25) is 0 Å². The zero-order valence-electron chi connectivity index (χ0n) is 12.0. The third-order valence-corrected chi connectivity index (χ3v) is 4.19. The van der Waals surface area contributed by atoms with Crippen LogP contribution >= 0.6 is 11.6 Å². The normalized spacial score (nSPS) is 18.9. The third kappa shape index (κ3) is 3.01. The summed E-state index contributed by atoms with van der Waals surface area (Å²) in [5.74, 6) is 0.246. The number of nitrogen functional groups attached to an aromatic ring is 1. The molecule has 1 fully saturated rings. The molecule has 1 aromatic carbocycles. The number of esters is 1. The van der Waals surface area contributed by atoms with Gasteiger partial charge in [0.1, 0.15) is 0 Å². The lowest BCUT2D eigenvalue weighted by molar-refractivity contribution is 0.0601. The standard InChI is InChI=1S/C15H21ClN2O2/c1-3-10-5-4-6-18(9-10)14-12(15(19)20-2)7-11(17)8-13(14)16/h7-8,10H,3-6,9,17H2,1-2H3. The molecule has 2 rings (SSSR count). The second kappa shape index (κ2) is 6.35. The molecule has 0 amide bonds. The predicted molar refractivity (Wildman–Crippen MR) is 82.4 cm³/mol. The van der Waals surface area contributed by atoms with Gasteiger partial charge in [0.2, 0.25) is 0 Å². The monoisotopic (exact) mass is 296 g/mol. The minimum absolute atomic E-state index is 0.396. The highest BCUT2D eigenvalue weighted by atomic mass is 35.5. The molecule has 0 radical (unpaired) electrons. The first kappa shape index (κ1) is 15.0. The predicted octanol–water partition coefficient (Wildman–Crippen LogP) is 3.34. The quantitative estimate of drug-likeness (QED) is 0.686. The molecular formula is C15H21ClN2O2. The Kier molecular flexibility index (Phi) is 4.76. The van der Waals surface area contributed by atoms with Crippen LogP contribution in [-0.2, 0) is 4.74 Å². The first-order valence-electron chi connectivity index (χ1n) is 6.99. The third-order valence-electron chi connectivity index (χ3n) is 3.90. The summed E-state index contributed by atoms with van der Waals surface area (Å²) in [4.78, 5) is 14.2. The fourth-order valence-electron chi connectivity index (χ4n) is 2.81. The summed E-state index contributed by atoms with van der Waals surface area (Å²) in [5, 5.41) is 0.516. The smallest absolute Gasteiger partial charge is 0.340 e. The van der Waals surface area contributed by atoms with Crippen LogP contribution in [0.2, 0.25) is 5.02 Å². The minimum atomic E-state index is -0.396. The Morgan fingerprint density at radius 3 is 2.95 bits per heavy atom. The maximum absolute atomic E-state index is 12.0. The Morgan fingerprint density at radius 1 is 1.55 bits per heavy atom. The van der Waals surface area contributed by atoms with Gasteiger partial charge < -0.3 is 15.4 Å². The van der Waals surface area contributed by atoms with Crippen LogP contribution in [0.15, 0.2) is 12.1 Å². The molecule has 1 saturated heterocycles. The number of rotatable bonds is 3. The van der Waals surface area contributed by atoms with Gasteiger partial charge in [-0.15, -0.1) is 0 Å². The zero-order valence-corrected chi connectivity index (χ0v) is 12.7. The molecule has 0 bridgehead atoms. The highest BCUT2D eigenvalue weighted by molar-refractivity contribution is 6.34. The van der Waals surface area contributed by atoms with Crippen LogP contribution in [0.1, 0.15) is 36.5 Å². The number of nitrogens with two attached hydrogens (primary N) is 1. The van der Waals surface area contributed by atoms with E-state index in [9.17, 15) is 4.79 Å². The topological polar surface area (TPSA) is 55.6 Å². The molecule has 1 heterocycles. The van der Waals surface area contributed by atoms with Crippen LogP contribution in [0.3, 0.4) is 0 Å². The molecule has 0 aliphatic carbocycles. The SMILES string of the molecule is CCC1CCCN(c2c(Cl)cc(N)cc2C(=O)OC)C1. The van der Waals surface area contributed by atoms with Crippen LogP contribution in [0.25, 0.3) is 0 Å². The van der Waals surface area contributed by atoms with E-state index in [2.05, 4.69) is 11.8 Å². The van der Waals surface area contributed by atoms with E-state index in [-0.39, 0.29) is 0 Å². The van der Waals surface area contributed by atoms with Gasteiger partial charge in [-0.1, -0.05) is 24.9 Å². The summed E-state index contributed by atoms with van der Waals surface area (Å²) in [6.45, 7) is 4.02. The molecule has 2 N–H and O–H groups in total. The summed E-state index contributed by atoms with van der Waals surface area (Å²) < 4.78 is 4.85. The molecule has 0 saturated carbocycles. The van der Waals surface area contributed by atoms with Crippen LogP contribution in [-0.4, -0.2) is 26.2 Å². The number of halogens is 1. The van der Waals surface area contributed by atoms with Crippen LogP contribution in [0.4, 0.5) is 11.4 Å². The Bertz CT molecular complexity index is 505. The van der Waals surface area contributed by atoms with Crippen LogP contribution in [0, 0.1) is 5.92 Å². The fraction of sp³-hybridized carbons (Fsp3) is 0.533. The summed E-state index contributed by atoms with van der Waals surface area (Å²) in [7, 11) is 1.37. The van der Waals surface area contributed by atoms with Crippen molar-refractivity contribution in [1.82, 2.24) is 0 Å². The van der Waals surface area contributed by atoms with E-state index < -0.39 is 5.97 Å². The number of nitrogens with zero attached hydrogens (tertiary/aromatic N) is 1. The van der Waals surface area contributed by atoms with Gasteiger partial charge in [-0.25, -0.2) is 4.79 Å². The first-order chi connectivity index (χ1) is 9.56. The second-order valence-electron chi connectivity index (χ2n) is 5.25. The van der Waals surface area contributed by atoms with Gasteiger partial charge in [0.05, 0.1) is 23.4 Å². The maximum atomic E-state index is 12.0. The van der Waals surface area contributed by atoms with E-state index in [1.165, 1.54) is 13.5 Å². The first-order valence-corrected chi connectivity index (χ1v) is 7.36. The molecule has 0 spiro atoms. The van der Waals surface area contributed by atoms with Crippen molar-refractivity contribution in [3.8, 4) is 0 Å². The molecule has 110 valence electrons. The van der Waals surface area contributed by atoms with Gasteiger partial charge in [0.15, 0.2) is 0 Å². The van der Waals surface area contributed by atoms with E-state index in [1.54, 1.807) is 12.1 Å². The Balaban J connectivity index is 2.41. The molecule has 5 heteroatoms. The molecule has 1 unspecified atom stereocenters. The van der Waals surface area contributed by atoms with Crippen molar-refractivity contribution in [1.29, 1.82) is 0 Å². The van der Waals surface area contributed by atoms with Crippen LogP contribution in [0.5, 0.6) is 0 Å². The van der Waals surface area contributed by atoms with Crippen molar-refractivity contribution in [3.63, 3.8) is 0 Å². The molecule has 1 aliphatic heterocycles. The van der Waals surface area contributed by atoms with E-state index in [0.29, 0.717) is 22.2 Å². The minimum Gasteiger partial charge on any atom is -0.465 e. The van der Waals surface area contributed by atoms with E-state index >= 15 is 0 Å². The number of hydrogen-bond donors (Lipinski definition) is 1. The Morgan fingerprint density at radius 2 is 2.30 bits per heavy atom. The average Bonchev–Trinajstić information content (AvgIpc) is 2.45. The number of ether oxygens (including phenoxy) is 1. The van der Waals surface area contributed by atoms with E-state index in [1.807, 2.05) is 0 Å².